The number of hydrogen-bond donors (Lipinski definition) is 1. The molecule has 2 unspecified atom stereocenters. The third-order valence-corrected chi connectivity index (χ3v) is 5.11. The predicted octanol–water partition coefficient (Wildman–Crippen LogP) is 4.50. The van der Waals surface area contributed by atoms with Crippen molar-refractivity contribution in [2.24, 2.45) is 11.8 Å². The fourth-order valence-corrected chi connectivity index (χ4v) is 3.64. The molecule has 0 amide bonds. The molecular weight excluding hydrogens is 338 g/mol. The van der Waals surface area contributed by atoms with Gasteiger partial charge in [-0.15, -0.1) is 0 Å². The summed E-state index contributed by atoms with van der Waals surface area (Å²) >= 11 is 9.56. The zero-order valence-corrected chi connectivity index (χ0v) is 14.5. The van der Waals surface area contributed by atoms with Crippen LogP contribution in [0.5, 0.6) is 0 Å². The second-order valence-electron chi connectivity index (χ2n) is 6.06. The van der Waals surface area contributed by atoms with Crippen LogP contribution < -0.4 is 0 Å². The first-order valence-electron chi connectivity index (χ1n) is 7.32. The van der Waals surface area contributed by atoms with E-state index in [0.29, 0.717) is 5.02 Å². The molecule has 2 rings (SSSR count). The fourth-order valence-electron chi connectivity index (χ4n) is 2.84. The molecule has 1 N–H and O–H groups in total. The van der Waals surface area contributed by atoms with Gasteiger partial charge in [-0.3, -0.25) is 0 Å². The molecule has 2 atom stereocenters. The summed E-state index contributed by atoms with van der Waals surface area (Å²) in [7, 11) is 0. The van der Waals surface area contributed by atoms with E-state index in [1.54, 1.807) is 0 Å². The lowest BCUT2D eigenvalue weighted by Crippen LogP contribution is -2.24. The van der Waals surface area contributed by atoms with Crippen molar-refractivity contribution in [3.63, 3.8) is 0 Å². The van der Waals surface area contributed by atoms with Gasteiger partial charge in [-0.25, -0.2) is 0 Å². The quantitative estimate of drug-likeness (QED) is 0.835. The van der Waals surface area contributed by atoms with E-state index >= 15 is 0 Å². The molecule has 4 heteroatoms. The predicted molar refractivity (Wildman–Crippen MR) is 88.1 cm³/mol. The fraction of sp³-hybridized carbons (Fsp3) is 0.625. The van der Waals surface area contributed by atoms with Crippen molar-refractivity contribution in [1.82, 2.24) is 4.90 Å². The van der Waals surface area contributed by atoms with E-state index < -0.39 is 6.10 Å². The van der Waals surface area contributed by atoms with Crippen molar-refractivity contribution in [3.8, 4) is 0 Å². The summed E-state index contributed by atoms with van der Waals surface area (Å²) in [6.07, 6.45) is 1.55. The minimum Gasteiger partial charge on any atom is -0.388 e. The maximum atomic E-state index is 10.3. The summed E-state index contributed by atoms with van der Waals surface area (Å²) in [5.74, 6) is 1.56. The van der Waals surface area contributed by atoms with Gasteiger partial charge in [0.25, 0.3) is 0 Å². The Morgan fingerprint density at radius 1 is 1.45 bits per heavy atom. The largest absolute Gasteiger partial charge is 0.388 e. The van der Waals surface area contributed by atoms with Crippen LogP contribution in [0.25, 0.3) is 0 Å². The number of halogens is 2. The molecule has 0 radical (unpaired) electrons. The smallest absolute Gasteiger partial charge is 0.0816 e. The van der Waals surface area contributed by atoms with E-state index in [1.165, 1.54) is 13.0 Å². The molecule has 0 aromatic heterocycles. The van der Waals surface area contributed by atoms with Gasteiger partial charge in [0, 0.05) is 22.6 Å². The van der Waals surface area contributed by atoms with E-state index in [9.17, 15) is 5.11 Å². The molecule has 0 spiro atoms. The van der Waals surface area contributed by atoms with Crippen molar-refractivity contribution in [1.29, 1.82) is 0 Å². The first-order chi connectivity index (χ1) is 9.47. The molecular formula is C16H23BrClNO. The number of nitrogens with zero attached hydrogens (tertiary/aromatic N) is 1. The standard InChI is InChI=1S/C16H23BrClNO/c1-11(2)12-5-7-19(10-12)8-6-16(20)14-4-3-13(17)9-15(14)18/h3-4,9,11-12,16,20H,5-8,10H2,1-2H3. The Morgan fingerprint density at radius 3 is 2.80 bits per heavy atom. The van der Waals surface area contributed by atoms with Gasteiger partial charge in [-0.1, -0.05) is 47.4 Å². The van der Waals surface area contributed by atoms with Gasteiger partial charge in [0.2, 0.25) is 0 Å². The maximum Gasteiger partial charge on any atom is 0.0816 e. The highest BCUT2D eigenvalue weighted by Crippen LogP contribution is 2.29. The van der Waals surface area contributed by atoms with E-state index in [0.717, 1.165) is 41.4 Å². The Kier molecular flexibility index (Phi) is 5.91. The molecule has 1 saturated heterocycles. The van der Waals surface area contributed by atoms with Crippen molar-refractivity contribution < 1.29 is 5.11 Å². The van der Waals surface area contributed by atoms with Gasteiger partial charge < -0.3 is 10.0 Å². The van der Waals surface area contributed by atoms with Crippen molar-refractivity contribution in [2.75, 3.05) is 19.6 Å². The number of aliphatic hydroxyl groups is 1. The average Bonchev–Trinajstić information content (AvgIpc) is 2.85. The van der Waals surface area contributed by atoms with Gasteiger partial charge in [0.1, 0.15) is 0 Å². The summed E-state index contributed by atoms with van der Waals surface area (Å²) in [4.78, 5) is 2.46. The third kappa shape index (κ3) is 4.20. The molecule has 1 aliphatic heterocycles. The molecule has 112 valence electrons. The molecule has 2 nitrogen and oxygen atoms in total. The number of likely N-dealkylation sites (tertiary alicyclic amines) is 1. The van der Waals surface area contributed by atoms with Gasteiger partial charge >= 0.3 is 0 Å². The normalized spacial score (nSPS) is 21.6. The van der Waals surface area contributed by atoms with Crippen LogP contribution in [0.15, 0.2) is 22.7 Å². The first kappa shape index (κ1) is 16.3. The first-order valence-corrected chi connectivity index (χ1v) is 8.50. The molecule has 1 fully saturated rings. The lowest BCUT2D eigenvalue weighted by atomic mass is 9.95. The van der Waals surface area contributed by atoms with Crippen molar-refractivity contribution >= 4 is 27.5 Å². The van der Waals surface area contributed by atoms with Crippen LogP contribution in [0.3, 0.4) is 0 Å². The highest BCUT2D eigenvalue weighted by Gasteiger charge is 2.25. The third-order valence-electron chi connectivity index (χ3n) is 4.29. The Bertz CT molecular complexity index is 452. The monoisotopic (exact) mass is 359 g/mol. The molecule has 0 bridgehead atoms. The van der Waals surface area contributed by atoms with Crippen LogP contribution in [-0.2, 0) is 0 Å². The zero-order valence-electron chi connectivity index (χ0n) is 12.1. The van der Waals surface area contributed by atoms with Gasteiger partial charge in [-0.2, -0.15) is 0 Å². The molecule has 1 aromatic carbocycles. The van der Waals surface area contributed by atoms with Crippen LogP contribution >= 0.6 is 27.5 Å². The lowest BCUT2D eigenvalue weighted by Gasteiger charge is -2.20. The molecule has 20 heavy (non-hydrogen) atoms. The van der Waals surface area contributed by atoms with Crippen LogP contribution in [0, 0.1) is 11.8 Å². The number of benzene rings is 1. The van der Waals surface area contributed by atoms with Crippen LogP contribution in [0.1, 0.15) is 38.4 Å². The van der Waals surface area contributed by atoms with Gasteiger partial charge in [-0.05, 0) is 48.9 Å². The van der Waals surface area contributed by atoms with Gasteiger partial charge in [0.15, 0.2) is 0 Å². The lowest BCUT2D eigenvalue weighted by molar-refractivity contribution is 0.147. The Balaban J connectivity index is 1.85. The topological polar surface area (TPSA) is 23.5 Å². The summed E-state index contributed by atoms with van der Waals surface area (Å²) in [5, 5.41) is 10.9. The minimum atomic E-state index is -0.478. The van der Waals surface area contributed by atoms with E-state index in [2.05, 4.69) is 34.7 Å². The highest BCUT2D eigenvalue weighted by molar-refractivity contribution is 9.10. The Morgan fingerprint density at radius 2 is 2.20 bits per heavy atom. The molecule has 1 heterocycles. The van der Waals surface area contributed by atoms with Crippen molar-refractivity contribution in [3.05, 3.63) is 33.3 Å². The van der Waals surface area contributed by atoms with E-state index in [1.807, 2.05) is 18.2 Å². The summed E-state index contributed by atoms with van der Waals surface area (Å²) in [6, 6.07) is 5.66. The summed E-state index contributed by atoms with van der Waals surface area (Å²) in [6.45, 7) is 7.86. The number of aliphatic hydroxyl groups excluding tert-OH is 1. The summed E-state index contributed by atoms with van der Waals surface area (Å²) in [5.41, 5.74) is 0.828. The highest BCUT2D eigenvalue weighted by atomic mass is 79.9. The second-order valence-corrected chi connectivity index (χ2v) is 7.39. The van der Waals surface area contributed by atoms with Crippen LogP contribution in [0.4, 0.5) is 0 Å². The van der Waals surface area contributed by atoms with E-state index in [4.69, 9.17) is 11.6 Å². The number of hydrogen-bond acceptors (Lipinski definition) is 2. The molecule has 1 aromatic rings. The number of rotatable bonds is 5. The van der Waals surface area contributed by atoms with Crippen molar-refractivity contribution in [2.45, 2.75) is 32.8 Å². The average molecular weight is 361 g/mol. The summed E-state index contributed by atoms with van der Waals surface area (Å²) < 4.78 is 0.942. The molecule has 0 saturated carbocycles. The molecule has 0 aliphatic carbocycles. The SMILES string of the molecule is CC(C)C1CCN(CCC(O)c2ccc(Br)cc2Cl)C1. The Hall–Kier alpha value is -0.0900. The van der Waals surface area contributed by atoms with Crippen LogP contribution in [0.2, 0.25) is 5.02 Å². The zero-order chi connectivity index (χ0) is 14.7. The second kappa shape index (κ2) is 7.26. The van der Waals surface area contributed by atoms with Crippen LogP contribution in [-0.4, -0.2) is 29.6 Å². The van der Waals surface area contributed by atoms with Gasteiger partial charge in [0.05, 0.1) is 6.10 Å². The minimum absolute atomic E-state index is 0.478. The molecule has 1 aliphatic rings. The Labute approximate surface area is 135 Å². The maximum absolute atomic E-state index is 10.3. The van der Waals surface area contributed by atoms with E-state index in [-0.39, 0.29) is 0 Å².